The Morgan fingerprint density at radius 2 is 2.10 bits per heavy atom. The van der Waals surface area contributed by atoms with Crippen LogP contribution in [-0.2, 0) is 16.6 Å². The molecular formula is C14H25N3O2S. The SMILES string of the molecule is CCC(C)(C)N(C)S(=O)(=O)c1c[nH]c(CNC2CC2)c1. The normalized spacial score (nSPS) is 16.9. The fourth-order valence-electron chi connectivity index (χ4n) is 1.92. The molecule has 1 aromatic heterocycles. The van der Waals surface area contributed by atoms with Crippen LogP contribution in [0.3, 0.4) is 0 Å². The van der Waals surface area contributed by atoms with Crippen LogP contribution in [0.15, 0.2) is 17.2 Å². The van der Waals surface area contributed by atoms with E-state index < -0.39 is 10.0 Å². The molecule has 114 valence electrons. The Bertz CT molecular complexity index is 559. The number of aromatic nitrogens is 1. The van der Waals surface area contributed by atoms with Gasteiger partial charge >= 0.3 is 0 Å². The van der Waals surface area contributed by atoms with Crippen LogP contribution in [0.5, 0.6) is 0 Å². The highest BCUT2D eigenvalue weighted by Gasteiger charge is 2.33. The third-order valence-electron chi connectivity index (χ3n) is 4.25. The van der Waals surface area contributed by atoms with Crippen LogP contribution in [-0.4, -0.2) is 36.3 Å². The minimum absolute atomic E-state index is 0.342. The lowest BCUT2D eigenvalue weighted by Crippen LogP contribution is -2.44. The first-order chi connectivity index (χ1) is 9.27. The molecule has 2 N–H and O–H groups in total. The molecule has 1 aromatic rings. The van der Waals surface area contributed by atoms with Crippen molar-refractivity contribution in [1.29, 1.82) is 0 Å². The van der Waals surface area contributed by atoms with E-state index in [1.54, 1.807) is 19.3 Å². The molecule has 0 aromatic carbocycles. The van der Waals surface area contributed by atoms with Gasteiger partial charge in [0.15, 0.2) is 0 Å². The second-order valence-electron chi connectivity index (χ2n) is 6.15. The standard InChI is InChI=1S/C14H25N3O2S/c1-5-14(2,3)17(4)20(18,19)13-8-12(16-10-13)9-15-11-6-7-11/h8,10-11,15-16H,5-7,9H2,1-4H3. The molecule has 0 saturated heterocycles. The Balaban J connectivity index is 2.12. The zero-order valence-corrected chi connectivity index (χ0v) is 13.5. The van der Waals surface area contributed by atoms with Gasteiger partial charge in [0.2, 0.25) is 10.0 Å². The lowest BCUT2D eigenvalue weighted by atomic mass is 10.0. The molecule has 0 spiro atoms. The summed E-state index contributed by atoms with van der Waals surface area (Å²) in [6, 6.07) is 2.34. The average molecular weight is 299 g/mol. The number of nitrogens with one attached hydrogen (secondary N) is 2. The summed E-state index contributed by atoms with van der Waals surface area (Å²) in [5, 5.41) is 3.37. The van der Waals surface area contributed by atoms with Gasteiger partial charge in [0, 0.05) is 37.1 Å². The molecule has 5 nitrogen and oxygen atoms in total. The van der Waals surface area contributed by atoms with Crippen LogP contribution < -0.4 is 5.32 Å². The summed E-state index contributed by atoms with van der Waals surface area (Å²) in [6.45, 7) is 6.56. The number of hydrogen-bond donors (Lipinski definition) is 2. The van der Waals surface area contributed by atoms with E-state index in [0.29, 0.717) is 17.5 Å². The molecule has 20 heavy (non-hydrogen) atoms. The quantitative estimate of drug-likeness (QED) is 0.810. The molecule has 1 fully saturated rings. The predicted molar refractivity (Wildman–Crippen MR) is 80.0 cm³/mol. The van der Waals surface area contributed by atoms with Crippen molar-refractivity contribution in [2.45, 2.75) is 63.1 Å². The summed E-state index contributed by atoms with van der Waals surface area (Å²) in [6.07, 6.45) is 4.79. The zero-order chi connectivity index (χ0) is 15.0. The van der Waals surface area contributed by atoms with Gasteiger partial charge in [-0.05, 0) is 39.2 Å². The van der Waals surface area contributed by atoms with Crippen molar-refractivity contribution in [2.24, 2.45) is 0 Å². The molecule has 2 rings (SSSR count). The van der Waals surface area contributed by atoms with E-state index in [1.165, 1.54) is 17.1 Å². The lowest BCUT2D eigenvalue weighted by Gasteiger charge is -2.33. The first kappa shape index (κ1) is 15.5. The first-order valence-corrected chi connectivity index (χ1v) is 8.61. The molecule has 0 aliphatic heterocycles. The summed E-state index contributed by atoms with van der Waals surface area (Å²) in [5.41, 5.74) is 0.529. The van der Waals surface area contributed by atoms with Crippen molar-refractivity contribution in [3.63, 3.8) is 0 Å². The van der Waals surface area contributed by atoms with E-state index in [-0.39, 0.29) is 5.54 Å². The van der Waals surface area contributed by atoms with Crippen molar-refractivity contribution in [3.05, 3.63) is 18.0 Å². The molecular weight excluding hydrogens is 274 g/mol. The molecule has 1 heterocycles. The third-order valence-corrected chi connectivity index (χ3v) is 6.30. The fraction of sp³-hybridized carbons (Fsp3) is 0.714. The van der Waals surface area contributed by atoms with Gasteiger partial charge in [-0.1, -0.05) is 6.92 Å². The fourth-order valence-corrected chi connectivity index (χ4v) is 3.51. The number of H-pyrrole nitrogens is 1. The zero-order valence-electron chi connectivity index (χ0n) is 12.7. The molecule has 0 unspecified atom stereocenters. The minimum atomic E-state index is -3.44. The third kappa shape index (κ3) is 3.24. The number of nitrogens with zero attached hydrogens (tertiary/aromatic N) is 1. The van der Waals surface area contributed by atoms with E-state index in [1.807, 2.05) is 20.8 Å². The summed E-state index contributed by atoms with van der Waals surface area (Å²) < 4.78 is 26.6. The largest absolute Gasteiger partial charge is 0.363 e. The molecule has 0 bridgehead atoms. The molecule has 1 aliphatic carbocycles. The van der Waals surface area contributed by atoms with Gasteiger partial charge in [-0.3, -0.25) is 0 Å². The van der Waals surface area contributed by atoms with Gasteiger partial charge < -0.3 is 10.3 Å². The maximum Gasteiger partial charge on any atom is 0.244 e. The summed E-state index contributed by atoms with van der Waals surface area (Å²) in [4.78, 5) is 3.39. The second kappa shape index (κ2) is 5.50. The Hall–Kier alpha value is -0.850. The Labute approximate surface area is 121 Å². The number of hydrogen-bond acceptors (Lipinski definition) is 3. The maximum absolute atomic E-state index is 12.6. The van der Waals surface area contributed by atoms with Gasteiger partial charge in [-0.25, -0.2) is 8.42 Å². The smallest absolute Gasteiger partial charge is 0.244 e. The molecule has 1 aliphatic rings. The van der Waals surface area contributed by atoms with Crippen LogP contribution >= 0.6 is 0 Å². The van der Waals surface area contributed by atoms with Gasteiger partial charge in [0.25, 0.3) is 0 Å². The van der Waals surface area contributed by atoms with Crippen LogP contribution in [0.1, 0.15) is 45.7 Å². The molecule has 0 atom stereocenters. The van der Waals surface area contributed by atoms with Crippen LogP contribution in [0.25, 0.3) is 0 Å². The monoisotopic (exact) mass is 299 g/mol. The Morgan fingerprint density at radius 3 is 2.65 bits per heavy atom. The number of rotatable bonds is 7. The minimum Gasteiger partial charge on any atom is -0.363 e. The summed E-state index contributed by atoms with van der Waals surface area (Å²) >= 11 is 0. The van der Waals surface area contributed by atoms with E-state index >= 15 is 0 Å². The van der Waals surface area contributed by atoms with E-state index in [0.717, 1.165) is 12.1 Å². The topological polar surface area (TPSA) is 65.2 Å². The Morgan fingerprint density at radius 1 is 1.45 bits per heavy atom. The van der Waals surface area contributed by atoms with Gasteiger partial charge in [-0.15, -0.1) is 0 Å². The van der Waals surface area contributed by atoms with Crippen molar-refractivity contribution < 1.29 is 8.42 Å². The van der Waals surface area contributed by atoms with Crippen LogP contribution in [0, 0.1) is 0 Å². The highest BCUT2D eigenvalue weighted by atomic mass is 32.2. The maximum atomic E-state index is 12.6. The molecule has 1 saturated carbocycles. The number of aromatic amines is 1. The highest BCUT2D eigenvalue weighted by Crippen LogP contribution is 2.26. The van der Waals surface area contributed by atoms with Gasteiger partial charge in [0.05, 0.1) is 4.90 Å². The Kier molecular flexibility index (Phi) is 4.27. The van der Waals surface area contributed by atoms with E-state index in [2.05, 4.69) is 10.3 Å². The van der Waals surface area contributed by atoms with Crippen molar-refractivity contribution in [3.8, 4) is 0 Å². The van der Waals surface area contributed by atoms with Crippen LogP contribution in [0.2, 0.25) is 0 Å². The highest BCUT2D eigenvalue weighted by molar-refractivity contribution is 7.89. The lowest BCUT2D eigenvalue weighted by molar-refractivity contribution is 0.257. The van der Waals surface area contributed by atoms with E-state index in [9.17, 15) is 8.42 Å². The predicted octanol–water partition coefficient (Wildman–Crippen LogP) is 2.08. The average Bonchev–Trinajstić information content (AvgIpc) is 3.11. The number of sulfonamides is 1. The molecule has 0 radical (unpaired) electrons. The van der Waals surface area contributed by atoms with E-state index in [4.69, 9.17) is 0 Å². The van der Waals surface area contributed by atoms with Gasteiger partial charge in [0.1, 0.15) is 0 Å². The van der Waals surface area contributed by atoms with Gasteiger partial charge in [-0.2, -0.15) is 4.31 Å². The molecule has 6 heteroatoms. The van der Waals surface area contributed by atoms with Crippen molar-refractivity contribution in [1.82, 2.24) is 14.6 Å². The molecule has 0 amide bonds. The first-order valence-electron chi connectivity index (χ1n) is 7.17. The second-order valence-corrected chi connectivity index (χ2v) is 8.12. The van der Waals surface area contributed by atoms with Crippen LogP contribution in [0.4, 0.5) is 0 Å². The summed E-state index contributed by atoms with van der Waals surface area (Å²) in [5.74, 6) is 0. The summed E-state index contributed by atoms with van der Waals surface area (Å²) in [7, 11) is -1.79. The van der Waals surface area contributed by atoms with Crippen molar-refractivity contribution >= 4 is 10.0 Å². The van der Waals surface area contributed by atoms with Crippen molar-refractivity contribution in [2.75, 3.05) is 7.05 Å².